The predicted molar refractivity (Wildman–Crippen MR) is 130 cm³/mol. The zero-order valence-electron chi connectivity index (χ0n) is 19.0. The fourth-order valence-electron chi connectivity index (χ4n) is 3.95. The Morgan fingerprint density at radius 3 is 2.42 bits per heavy atom. The van der Waals surface area contributed by atoms with Crippen molar-refractivity contribution >= 4 is 35.0 Å². The van der Waals surface area contributed by atoms with Crippen LogP contribution in [0.15, 0.2) is 42.5 Å². The Hall–Kier alpha value is -2.44. The number of methoxy groups -OCH3 is 1. The van der Waals surface area contributed by atoms with E-state index in [4.69, 9.17) is 32.7 Å². The molecule has 0 heterocycles. The van der Waals surface area contributed by atoms with Crippen LogP contribution in [0.4, 0.5) is 0 Å². The second-order valence-corrected chi connectivity index (χ2v) is 9.04. The number of benzene rings is 2. The van der Waals surface area contributed by atoms with Crippen molar-refractivity contribution in [2.24, 2.45) is 0 Å². The lowest BCUT2D eigenvalue weighted by molar-refractivity contribution is -0.142. The van der Waals surface area contributed by atoms with Crippen molar-refractivity contribution in [3.8, 4) is 11.5 Å². The number of nitrogens with zero attached hydrogens (tertiary/aromatic N) is 1. The van der Waals surface area contributed by atoms with Crippen molar-refractivity contribution in [3.63, 3.8) is 0 Å². The molecular weight excluding hydrogens is 463 g/mol. The molecule has 178 valence electrons. The number of carbonyl (C=O) groups excluding carboxylic acids is 2. The molecule has 33 heavy (non-hydrogen) atoms. The zero-order valence-corrected chi connectivity index (χ0v) is 20.5. The Balaban J connectivity index is 1.74. The maximum atomic E-state index is 13.2. The van der Waals surface area contributed by atoms with Crippen molar-refractivity contribution in [2.75, 3.05) is 13.7 Å². The first kappa shape index (κ1) is 25.2. The Morgan fingerprint density at radius 2 is 1.76 bits per heavy atom. The summed E-state index contributed by atoms with van der Waals surface area (Å²) in [7, 11) is 1.54. The van der Waals surface area contributed by atoms with Crippen molar-refractivity contribution in [3.05, 3.63) is 58.1 Å². The van der Waals surface area contributed by atoms with E-state index in [0.29, 0.717) is 21.5 Å². The Morgan fingerprint density at radius 1 is 1.06 bits per heavy atom. The molecule has 0 bridgehead atoms. The molecule has 0 spiro atoms. The summed E-state index contributed by atoms with van der Waals surface area (Å²) in [5.74, 6) is 0.498. The Bertz CT molecular complexity index is 963. The molecule has 1 N–H and O–H groups in total. The highest BCUT2D eigenvalue weighted by molar-refractivity contribution is 6.42. The van der Waals surface area contributed by atoms with Gasteiger partial charge < -0.3 is 19.7 Å². The highest BCUT2D eigenvalue weighted by Crippen LogP contribution is 2.27. The molecule has 1 fully saturated rings. The molecule has 1 atom stereocenters. The van der Waals surface area contributed by atoms with Crippen molar-refractivity contribution in [1.82, 2.24) is 10.2 Å². The fraction of sp³-hybridized carbons (Fsp3) is 0.440. The van der Waals surface area contributed by atoms with E-state index in [-0.39, 0.29) is 31.0 Å². The summed E-state index contributed by atoms with van der Waals surface area (Å²) >= 11 is 12.2. The number of halogens is 2. The highest BCUT2D eigenvalue weighted by atomic mass is 35.5. The minimum atomic E-state index is -0.685. The van der Waals surface area contributed by atoms with Crippen molar-refractivity contribution < 1.29 is 19.1 Å². The molecular formula is C25H30Cl2N2O4. The fourth-order valence-corrected chi connectivity index (χ4v) is 4.27. The standard InChI is InChI=1S/C25H30Cl2N2O4/c1-17(25(31)28-19-8-4-3-5-9-19)29(15-18-12-13-20(26)21(27)14-18)24(30)16-33-23-11-7-6-10-22(23)32-2/h6-7,10-14,17,19H,3-5,8-9,15-16H2,1-2H3,(H,28,31). The van der Waals surface area contributed by atoms with Crippen LogP contribution < -0.4 is 14.8 Å². The van der Waals surface area contributed by atoms with Gasteiger partial charge >= 0.3 is 0 Å². The van der Waals surface area contributed by atoms with Crippen LogP contribution in [-0.4, -0.2) is 42.5 Å². The first-order valence-electron chi connectivity index (χ1n) is 11.2. The maximum Gasteiger partial charge on any atom is 0.261 e. The van der Waals surface area contributed by atoms with Crippen LogP contribution in [0.5, 0.6) is 11.5 Å². The van der Waals surface area contributed by atoms with Gasteiger partial charge in [0.25, 0.3) is 5.91 Å². The number of nitrogens with one attached hydrogen (secondary N) is 1. The number of rotatable bonds is 9. The van der Waals surface area contributed by atoms with Crippen LogP contribution in [0.3, 0.4) is 0 Å². The van der Waals surface area contributed by atoms with Crippen LogP contribution in [0.2, 0.25) is 10.0 Å². The van der Waals surface area contributed by atoms with Gasteiger partial charge in [-0.3, -0.25) is 9.59 Å². The molecule has 0 aliphatic heterocycles. The van der Waals surface area contributed by atoms with Crippen LogP contribution in [0, 0.1) is 0 Å². The van der Waals surface area contributed by atoms with E-state index in [1.54, 1.807) is 43.3 Å². The van der Waals surface area contributed by atoms with Gasteiger partial charge in [0.2, 0.25) is 5.91 Å². The van der Waals surface area contributed by atoms with E-state index in [2.05, 4.69) is 5.32 Å². The molecule has 1 aliphatic carbocycles. The number of hydrogen-bond acceptors (Lipinski definition) is 4. The quantitative estimate of drug-likeness (QED) is 0.519. The number of carbonyl (C=O) groups is 2. The molecule has 2 aromatic rings. The van der Waals surface area contributed by atoms with Gasteiger partial charge in [0.05, 0.1) is 17.2 Å². The van der Waals surface area contributed by atoms with Gasteiger partial charge in [-0.15, -0.1) is 0 Å². The highest BCUT2D eigenvalue weighted by Gasteiger charge is 2.28. The Kier molecular flexibility index (Phi) is 9.27. The largest absolute Gasteiger partial charge is 0.493 e. The van der Waals surface area contributed by atoms with Gasteiger partial charge in [-0.2, -0.15) is 0 Å². The lowest BCUT2D eigenvalue weighted by atomic mass is 9.95. The summed E-state index contributed by atoms with van der Waals surface area (Å²) in [5, 5.41) is 3.94. The first-order chi connectivity index (χ1) is 15.9. The molecule has 2 amide bonds. The molecule has 0 aromatic heterocycles. The predicted octanol–water partition coefficient (Wildman–Crippen LogP) is 5.25. The van der Waals surface area contributed by atoms with E-state index in [1.807, 2.05) is 6.07 Å². The molecule has 6 nitrogen and oxygen atoms in total. The van der Waals surface area contributed by atoms with Crippen molar-refractivity contribution in [1.29, 1.82) is 0 Å². The summed E-state index contributed by atoms with van der Waals surface area (Å²) in [5.41, 5.74) is 0.771. The molecule has 1 aliphatic rings. The van der Waals surface area contributed by atoms with E-state index < -0.39 is 6.04 Å². The minimum Gasteiger partial charge on any atom is -0.493 e. The van der Waals surface area contributed by atoms with Gasteiger partial charge in [0.1, 0.15) is 6.04 Å². The van der Waals surface area contributed by atoms with Gasteiger partial charge in [0.15, 0.2) is 18.1 Å². The lowest BCUT2D eigenvalue weighted by Crippen LogP contribution is -2.51. The van der Waals surface area contributed by atoms with Crippen LogP contribution >= 0.6 is 23.2 Å². The minimum absolute atomic E-state index is 0.153. The molecule has 3 rings (SSSR count). The molecule has 1 saturated carbocycles. The zero-order chi connectivity index (χ0) is 23.8. The topological polar surface area (TPSA) is 67.9 Å². The normalized spacial score (nSPS) is 14.9. The van der Waals surface area contributed by atoms with Crippen LogP contribution in [-0.2, 0) is 16.1 Å². The second kappa shape index (κ2) is 12.1. The smallest absolute Gasteiger partial charge is 0.261 e. The van der Waals surface area contributed by atoms with Gasteiger partial charge in [-0.25, -0.2) is 0 Å². The van der Waals surface area contributed by atoms with E-state index >= 15 is 0 Å². The summed E-state index contributed by atoms with van der Waals surface area (Å²) < 4.78 is 11.0. The SMILES string of the molecule is COc1ccccc1OCC(=O)N(Cc1ccc(Cl)c(Cl)c1)C(C)C(=O)NC1CCCCC1. The van der Waals surface area contributed by atoms with E-state index in [9.17, 15) is 9.59 Å². The van der Waals surface area contributed by atoms with Crippen LogP contribution in [0.25, 0.3) is 0 Å². The second-order valence-electron chi connectivity index (χ2n) is 8.23. The third-order valence-corrected chi connectivity index (χ3v) is 6.62. The molecule has 0 radical (unpaired) electrons. The van der Waals surface area contributed by atoms with Crippen molar-refractivity contribution in [2.45, 2.75) is 57.7 Å². The lowest BCUT2D eigenvalue weighted by Gasteiger charge is -2.31. The monoisotopic (exact) mass is 492 g/mol. The summed E-state index contributed by atoms with van der Waals surface area (Å²) in [6.07, 6.45) is 5.35. The summed E-state index contributed by atoms with van der Waals surface area (Å²) in [6.45, 7) is 1.70. The molecule has 2 aromatic carbocycles. The average Bonchev–Trinajstić information content (AvgIpc) is 2.83. The summed E-state index contributed by atoms with van der Waals surface area (Å²) in [6, 6.07) is 11.8. The third kappa shape index (κ3) is 7.02. The maximum absolute atomic E-state index is 13.2. The molecule has 1 unspecified atom stereocenters. The van der Waals surface area contributed by atoms with Gasteiger partial charge in [0, 0.05) is 12.6 Å². The molecule has 8 heteroatoms. The Labute approximate surface area is 205 Å². The van der Waals surface area contributed by atoms with Crippen LogP contribution in [0.1, 0.15) is 44.6 Å². The number of hydrogen-bond donors (Lipinski definition) is 1. The van der Waals surface area contributed by atoms with Gasteiger partial charge in [-0.05, 0) is 49.6 Å². The number of ether oxygens (including phenoxy) is 2. The number of para-hydroxylation sites is 2. The van der Waals surface area contributed by atoms with E-state index in [0.717, 1.165) is 31.2 Å². The first-order valence-corrected chi connectivity index (χ1v) is 11.9. The van der Waals surface area contributed by atoms with E-state index in [1.165, 1.54) is 18.4 Å². The summed E-state index contributed by atoms with van der Waals surface area (Å²) in [4.78, 5) is 27.8. The number of amides is 2. The third-order valence-electron chi connectivity index (χ3n) is 5.88. The average molecular weight is 493 g/mol. The molecule has 0 saturated heterocycles. The van der Waals surface area contributed by atoms with Gasteiger partial charge in [-0.1, -0.05) is 60.7 Å².